The molecular formula is C9H19N3O2. The lowest BCUT2D eigenvalue weighted by molar-refractivity contribution is -0.128. The van der Waals surface area contributed by atoms with Gasteiger partial charge in [-0.2, -0.15) is 0 Å². The van der Waals surface area contributed by atoms with E-state index in [9.17, 15) is 4.79 Å². The normalized spacial score (nSPS) is 15.0. The van der Waals surface area contributed by atoms with Crippen LogP contribution in [0.25, 0.3) is 0 Å². The van der Waals surface area contributed by atoms with Gasteiger partial charge >= 0.3 is 0 Å². The van der Waals surface area contributed by atoms with Crippen LogP contribution in [-0.2, 0) is 4.79 Å². The fourth-order valence-electron chi connectivity index (χ4n) is 0.830. The first-order chi connectivity index (χ1) is 6.32. The summed E-state index contributed by atoms with van der Waals surface area (Å²) in [6.07, 6.45) is 0.595. The molecule has 0 radical (unpaired) electrons. The van der Waals surface area contributed by atoms with Gasteiger partial charge in [-0.15, -0.1) is 0 Å². The van der Waals surface area contributed by atoms with E-state index in [0.717, 1.165) is 0 Å². The van der Waals surface area contributed by atoms with Gasteiger partial charge in [0.2, 0.25) is 5.91 Å². The summed E-state index contributed by atoms with van der Waals surface area (Å²) >= 11 is 0. The molecule has 0 fully saturated rings. The Hall–Kier alpha value is -1.26. The molecule has 0 aromatic heterocycles. The summed E-state index contributed by atoms with van der Waals surface area (Å²) in [5.41, 5.74) is 4.94. The molecule has 0 spiro atoms. The third kappa shape index (κ3) is 3.64. The molecule has 0 aliphatic carbocycles. The number of rotatable bonds is 3. The molecule has 0 saturated carbocycles. The van der Waals surface area contributed by atoms with Gasteiger partial charge in [-0.3, -0.25) is 4.79 Å². The lowest BCUT2D eigenvalue weighted by atomic mass is 9.95. The van der Waals surface area contributed by atoms with Crippen molar-refractivity contribution in [1.82, 2.24) is 5.32 Å². The number of amides is 1. The van der Waals surface area contributed by atoms with Gasteiger partial charge in [0.25, 0.3) is 0 Å². The van der Waals surface area contributed by atoms with E-state index in [-0.39, 0.29) is 11.7 Å². The summed E-state index contributed by atoms with van der Waals surface area (Å²) in [5, 5.41) is 14.0. The Labute approximate surface area is 84.4 Å². The summed E-state index contributed by atoms with van der Waals surface area (Å²) in [4.78, 5) is 11.6. The number of carbonyl (C=O) groups is 1. The molecule has 0 heterocycles. The number of hydrogen-bond donors (Lipinski definition) is 3. The lowest BCUT2D eigenvalue weighted by Crippen LogP contribution is -2.48. The summed E-state index contributed by atoms with van der Waals surface area (Å²) in [6, 6.07) is -0.397. The van der Waals surface area contributed by atoms with Crippen LogP contribution in [0.1, 0.15) is 34.1 Å². The van der Waals surface area contributed by atoms with Crippen LogP contribution in [0.4, 0.5) is 0 Å². The van der Waals surface area contributed by atoms with E-state index >= 15 is 0 Å². The summed E-state index contributed by atoms with van der Waals surface area (Å²) in [5.74, 6) is -0.0824. The fraction of sp³-hybridized carbons (Fsp3) is 0.778. The van der Waals surface area contributed by atoms with Crippen LogP contribution in [0.2, 0.25) is 0 Å². The Bertz CT molecular complexity index is 231. The molecule has 0 bridgehead atoms. The molecule has 82 valence electrons. The molecule has 14 heavy (non-hydrogen) atoms. The number of carbonyl (C=O) groups excluding carboxylic acids is 1. The highest BCUT2D eigenvalue weighted by molar-refractivity contribution is 5.91. The van der Waals surface area contributed by atoms with E-state index in [2.05, 4.69) is 10.5 Å². The van der Waals surface area contributed by atoms with Crippen LogP contribution in [0.5, 0.6) is 0 Å². The number of hydrogen-bond acceptors (Lipinski definition) is 3. The Kier molecular flexibility index (Phi) is 4.40. The number of amidine groups is 1. The fourth-order valence-corrected chi connectivity index (χ4v) is 0.830. The molecule has 0 aliphatic heterocycles. The van der Waals surface area contributed by atoms with Crippen molar-refractivity contribution in [3.05, 3.63) is 0 Å². The second-order valence-electron chi connectivity index (χ2n) is 4.21. The van der Waals surface area contributed by atoms with E-state index in [1.54, 1.807) is 20.8 Å². The van der Waals surface area contributed by atoms with Crippen molar-refractivity contribution < 1.29 is 10.0 Å². The molecule has 0 aromatic rings. The summed E-state index contributed by atoms with van der Waals surface area (Å²) in [7, 11) is 0. The first kappa shape index (κ1) is 12.7. The highest BCUT2D eigenvalue weighted by Crippen LogP contribution is 2.13. The molecule has 0 aromatic carbocycles. The third-order valence-electron chi connectivity index (χ3n) is 1.87. The SMILES string of the molecule is CCC(NC(=O)C(C)(C)C)/C(N)=N/O. The van der Waals surface area contributed by atoms with Crippen molar-refractivity contribution in [2.75, 3.05) is 0 Å². The van der Waals surface area contributed by atoms with Crippen LogP contribution in [0.3, 0.4) is 0 Å². The number of oxime groups is 1. The largest absolute Gasteiger partial charge is 0.409 e. The van der Waals surface area contributed by atoms with Gasteiger partial charge in [-0.05, 0) is 6.42 Å². The van der Waals surface area contributed by atoms with E-state index in [1.807, 2.05) is 6.92 Å². The second-order valence-corrected chi connectivity index (χ2v) is 4.21. The standard InChI is InChI=1S/C9H19N3O2/c1-5-6(7(10)12-14)11-8(13)9(2,3)4/h6,14H,5H2,1-4H3,(H2,10,12)(H,11,13). The molecule has 0 aliphatic rings. The van der Waals surface area contributed by atoms with Gasteiger partial charge < -0.3 is 16.3 Å². The molecule has 1 atom stereocenters. The van der Waals surface area contributed by atoms with Gasteiger partial charge in [0.15, 0.2) is 5.84 Å². The first-order valence-electron chi connectivity index (χ1n) is 4.61. The minimum absolute atomic E-state index is 0.0325. The minimum Gasteiger partial charge on any atom is -0.409 e. The number of nitrogens with zero attached hydrogens (tertiary/aromatic N) is 1. The predicted molar refractivity (Wildman–Crippen MR) is 55.1 cm³/mol. The zero-order valence-electron chi connectivity index (χ0n) is 9.16. The maximum absolute atomic E-state index is 11.6. The molecule has 5 heteroatoms. The molecular weight excluding hydrogens is 182 g/mol. The quantitative estimate of drug-likeness (QED) is 0.271. The predicted octanol–water partition coefficient (Wildman–Crippen LogP) is 0.674. The van der Waals surface area contributed by atoms with Crippen molar-refractivity contribution in [1.29, 1.82) is 0 Å². The van der Waals surface area contributed by atoms with Crippen molar-refractivity contribution in [2.24, 2.45) is 16.3 Å². The first-order valence-corrected chi connectivity index (χ1v) is 4.61. The zero-order valence-corrected chi connectivity index (χ0v) is 9.16. The Morgan fingerprint density at radius 2 is 2.07 bits per heavy atom. The molecule has 0 saturated heterocycles. The maximum atomic E-state index is 11.6. The van der Waals surface area contributed by atoms with Gasteiger partial charge in [0.1, 0.15) is 0 Å². The van der Waals surface area contributed by atoms with Crippen LogP contribution >= 0.6 is 0 Å². The molecule has 1 amide bonds. The van der Waals surface area contributed by atoms with E-state index in [0.29, 0.717) is 6.42 Å². The molecule has 0 rings (SSSR count). The minimum atomic E-state index is -0.469. The van der Waals surface area contributed by atoms with Gasteiger partial charge in [-0.25, -0.2) is 0 Å². The summed E-state index contributed by atoms with van der Waals surface area (Å²) < 4.78 is 0. The van der Waals surface area contributed by atoms with E-state index < -0.39 is 11.5 Å². The van der Waals surface area contributed by atoms with Gasteiger partial charge in [-0.1, -0.05) is 32.9 Å². The van der Waals surface area contributed by atoms with Gasteiger partial charge in [0, 0.05) is 5.41 Å². The third-order valence-corrected chi connectivity index (χ3v) is 1.87. The number of nitrogens with two attached hydrogens (primary N) is 1. The maximum Gasteiger partial charge on any atom is 0.225 e. The van der Waals surface area contributed by atoms with E-state index in [4.69, 9.17) is 10.9 Å². The number of nitrogens with one attached hydrogen (secondary N) is 1. The Balaban J connectivity index is 4.42. The summed E-state index contributed by atoms with van der Waals surface area (Å²) in [6.45, 7) is 7.27. The van der Waals surface area contributed by atoms with Crippen molar-refractivity contribution in [3.63, 3.8) is 0 Å². The Morgan fingerprint density at radius 1 is 1.57 bits per heavy atom. The monoisotopic (exact) mass is 201 g/mol. The highest BCUT2D eigenvalue weighted by Gasteiger charge is 2.24. The molecule has 4 N–H and O–H groups in total. The van der Waals surface area contributed by atoms with Crippen LogP contribution in [0.15, 0.2) is 5.16 Å². The van der Waals surface area contributed by atoms with Crippen molar-refractivity contribution in [2.45, 2.75) is 40.2 Å². The average Bonchev–Trinajstić information content (AvgIpc) is 2.10. The van der Waals surface area contributed by atoms with Crippen LogP contribution < -0.4 is 11.1 Å². The molecule has 5 nitrogen and oxygen atoms in total. The Morgan fingerprint density at radius 3 is 2.36 bits per heavy atom. The van der Waals surface area contributed by atoms with Gasteiger partial charge in [0.05, 0.1) is 6.04 Å². The van der Waals surface area contributed by atoms with Crippen LogP contribution in [-0.4, -0.2) is 23.0 Å². The smallest absolute Gasteiger partial charge is 0.225 e. The lowest BCUT2D eigenvalue weighted by Gasteiger charge is -2.22. The van der Waals surface area contributed by atoms with Crippen molar-refractivity contribution in [3.8, 4) is 0 Å². The topological polar surface area (TPSA) is 87.7 Å². The van der Waals surface area contributed by atoms with Crippen molar-refractivity contribution >= 4 is 11.7 Å². The zero-order chi connectivity index (χ0) is 11.4. The average molecular weight is 201 g/mol. The molecule has 1 unspecified atom stereocenters. The highest BCUT2D eigenvalue weighted by atomic mass is 16.4. The van der Waals surface area contributed by atoms with E-state index in [1.165, 1.54) is 0 Å². The van der Waals surface area contributed by atoms with Crippen LogP contribution in [0, 0.1) is 5.41 Å². The second kappa shape index (κ2) is 4.83.